The summed E-state index contributed by atoms with van der Waals surface area (Å²) in [5.74, 6) is 0.813. The van der Waals surface area contributed by atoms with Gasteiger partial charge < -0.3 is 9.64 Å². The predicted molar refractivity (Wildman–Crippen MR) is 68.1 cm³/mol. The average molecular weight is 253 g/mol. The molecule has 2 aliphatic rings. The molecule has 1 heterocycles. The highest BCUT2D eigenvalue weighted by molar-refractivity contribution is 5.79. The van der Waals surface area contributed by atoms with E-state index in [-0.39, 0.29) is 11.9 Å². The summed E-state index contributed by atoms with van der Waals surface area (Å²) in [6.45, 7) is 2.68. The van der Waals surface area contributed by atoms with Gasteiger partial charge in [-0.15, -0.1) is 0 Å². The van der Waals surface area contributed by atoms with Gasteiger partial charge in [-0.05, 0) is 18.8 Å². The number of ether oxygens (including phenoxy) is 1. The first-order chi connectivity index (χ1) is 8.70. The highest BCUT2D eigenvalue weighted by atomic mass is 16.5. The molecule has 0 aromatic carbocycles. The van der Waals surface area contributed by atoms with Crippen LogP contribution in [0.4, 0.5) is 0 Å². The lowest BCUT2D eigenvalue weighted by molar-refractivity contribution is -0.149. The number of esters is 1. The number of piperidine rings is 1. The normalized spacial score (nSPS) is 30.2. The maximum Gasteiger partial charge on any atom is 0.308 e. The minimum absolute atomic E-state index is 0.0483. The molecule has 1 saturated heterocycles. The molecule has 0 aromatic heterocycles. The predicted octanol–water partition coefficient (Wildman–Crippen LogP) is 1.63. The Morgan fingerprint density at radius 1 is 1.28 bits per heavy atom. The van der Waals surface area contributed by atoms with Crippen LogP contribution >= 0.6 is 0 Å². The van der Waals surface area contributed by atoms with Crippen LogP contribution in [0.5, 0.6) is 0 Å². The van der Waals surface area contributed by atoms with Gasteiger partial charge in [0, 0.05) is 32.5 Å². The SMILES string of the molecule is COC(=O)C1CCCCC1CN1CCC(=O)CC1. The smallest absolute Gasteiger partial charge is 0.308 e. The second-order valence-corrected chi connectivity index (χ2v) is 5.51. The Hall–Kier alpha value is -0.900. The van der Waals surface area contributed by atoms with Crippen LogP contribution in [-0.2, 0) is 14.3 Å². The Balaban J connectivity index is 1.89. The van der Waals surface area contributed by atoms with E-state index < -0.39 is 0 Å². The molecule has 4 nitrogen and oxygen atoms in total. The van der Waals surface area contributed by atoms with Crippen LogP contribution in [0.25, 0.3) is 0 Å². The highest BCUT2D eigenvalue weighted by Crippen LogP contribution is 2.32. The topological polar surface area (TPSA) is 46.6 Å². The summed E-state index contributed by atoms with van der Waals surface area (Å²) in [7, 11) is 1.48. The molecule has 2 rings (SSSR count). The molecule has 102 valence electrons. The molecule has 1 saturated carbocycles. The Morgan fingerprint density at radius 2 is 1.94 bits per heavy atom. The van der Waals surface area contributed by atoms with Crippen molar-refractivity contribution >= 4 is 11.8 Å². The van der Waals surface area contributed by atoms with Crippen LogP contribution in [0.3, 0.4) is 0 Å². The van der Waals surface area contributed by atoms with Crippen molar-refractivity contribution in [2.45, 2.75) is 38.5 Å². The monoisotopic (exact) mass is 253 g/mol. The van der Waals surface area contributed by atoms with Crippen LogP contribution in [-0.4, -0.2) is 43.4 Å². The second kappa shape index (κ2) is 6.32. The number of carbonyl (C=O) groups excluding carboxylic acids is 2. The third kappa shape index (κ3) is 3.31. The van der Waals surface area contributed by atoms with Crippen molar-refractivity contribution in [3.63, 3.8) is 0 Å². The molecule has 2 fully saturated rings. The van der Waals surface area contributed by atoms with Gasteiger partial charge in [-0.3, -0.25) is 9.59 Å². The van der Waals surface area contributed by atoms with Gasteiger partial charge in [0.2, 0.25) is 0 Å². The molecule has 2 atom stereocenters. The zero-order chi connectivity index (χ0) is 13.0. The molecule has 0 aromatic rings. The van der Waals surface area contributed by atoms with Crippen molar-refractivity contribution in [1.29, 1.82) is 0 Å². The van der Waals surface area contributed by atoms with E-state index in [1.54, 1.807) is 0 Å². The first-order valence-electron chi connectivity index (χ1n) is 7.02. The van der Waals surface area contributed by atoms with Crippen molar-refractivity contribution in [2.75, 3.05) is 26.7 Å². The lowest BCUT2D eigenvalue weighted by Gasteiger charge is -2.35. The number of ketones is 1. The fraction of sp³-hybridized carbons (Fsp3) is 0.857. The molecular formula is C14H23NO3. The average Bonchev–Trinajstić information content (AvgIpc) is 2.41. The molecule has 0 radical (unpaired) electrons. The lowest BCUT2D eigenvalue weighted by Crippen LogP contribution is -2.41. The Morgan fingerprint density at radius 3 is 2.61 bits per heavy atom. The van der Waals surface area contributed by atoms with Crippen molar-refractivity contribution in [3.05, 3.63) is 0 Å². The number of Topliss-reactive ketones (excluding diaryl/α,β-unsaturated/α-hetero) is 1. The van der Waals surface area contributed by atoms with Crippen LogP contribution in [0.15, 0.2) is 0 Å². The van der Waals surface area contributed by atoms with E-state index in [1.165, 1.54) is 13.5 Å². The van der Waals surface area contributed by atoms with Gasteiger partial charge in [0.1, 0.15) is 5.78 Å². The maximum atomic E-state index is 11.8. The lowest BCUT2D eigenvalue weighted by atomic mass is 9.78. The third-order valence-electron chi connectivity index (χ3n) is 4.32. The molecule has 1 aliphatic carbocycles. The Kier molecular flexibility index (Phi) is 4.75. The van der Waals surface area contributed by atoms with E-state index in [0.29, 0.717) is 24.5 Å². The van der Waals surface area contributed by atoms with Crippen molar-refractivity contribution in [1.82, 2.24) is 4.90 Å². The molecule has 0 N–H and O–H groups in total. The van der Waals surface area contributed by atoms with Crippen LogP contribution in [0.2, 0.25) is 0 Å². The summed E-state index contributed by atoms with van der Waals surface area (Å²) in [5, 5.41) is 0. The Labute approximate surface area is 109 Å². The molecule has 0 spiro atoms. The van der Waals surface area contributed by atoms with Crippen LogP contribution in [0.1, 0.15) is 38.5 Å². The quantitative estimate of drug-likeness (QED) is 0.717. The largest absolute Gasteiger partial charge is 0.469 e. The van der Waals surface area contributed by atoms with Gasteiger partial charge in [0.15, 0.2) is 0 Å². The minimum Gasteiger partial charge on any atom is -0.469 e. The minimum atomic E-state index is -0.0483. The summed E-state index contributed by atoms with van der Waals surface area (Å²) < 4.78 is 4.91. The molecular weight excluding hydrogens is 230 g/mol. The summed E-state index contributed by atoms with van der Waals surface area (Å²) in [4.78, 5) is 25.3. The standard InChI is InChI=1S/C14H23NO3/c1-18-14(17)13-5-3-2-4-11(13)10-15-8-6-12(16)7-9-15/h11,13H,2-10H2,1H3. The number of rotatable bonds is 3. The number of carbonyl (C=O) groups is 2. The second-order valence-electron chi connectivity index (χ2n) is 5.51. The van der Waals surface area contributed by atoms with Crippen LogP contribution < -0.4 is 0 Å². The van der Waals surface area contributed by atoms with E-state index in [1.807, 2.05) is 0 Å². The number of hydrogen-bond acceptors (Lipinski definition) is 4. The van der Waals surface area contributed by atoms with Crippen molar-refractivity contribution in [3.8, 4) is 0 Å². The molecule has 4 heteroatoms. The molecule has 1 aliphatic heterocycles. The molecule has 0 bridgehead atoms. The molecule has 0 amide bonds. The summed E-state index contributed by atoms with van der Waals surface area (Å²) in [5.41, 5.74) is 0. The zero-order valence-corrected chi connectivity index (χ0v) is 11.2. The van der Waals surface area contributed by atoms with Gasteiger partial charge in [0.05, 0.1) is 13.0 Å². The van der Waals surface area contributed by atoms with Crippen molar-refractivity contribution in [2.24, 2.45) is 11.8 Å². The van der Waals surface area contributed by atoms with E-state index >= 15 is 0 Å². The Bertz CT molecular complexity index is 306. The fourth-order valence-electron chi connectivity index (χ4n) is 3.20. The summed E-state index contributed by atoms with van der Waals surface area (Å²) in [6, 6.07) is 0. The number of methoxy groups -OCH3 is 1. The van der Waals surface area contributed by atoms with E-state index in [9.17, 15) is 9.59 Å². The van der Waals surface area contributed by atoms with E-state index in [0.717, 1.165) is 38.9 Å². The number of likely N-dealkylation sites (tertiary alicyclic amines) is 1. The van der Waals surface area contributed by atoms with Crippen molar-refractivity contribution < 1.29 is 14.3 Å². The third-order valence-corrected chi connectivity index (χ3v) is 4.32. The number of hydrogen-bond donors (Lipinski definition) is 0. The fourth-order valence-corrected chi connectivity index (χ4v) is 3.20. The van der Waals surface area contributed by atoms with Gasteiger partial charge in [-0.25, -0.2) is 0 Å². The molecule has 2 unspecified atom stereocenters. The van der Waals surface area contributed by atoms with Crippen LogP contribution in [0, 0.1) is 11.8 Å². The van der Waals surface area contributed by atoms with Gasteiger partial charge in [0.25, 0.3) is 0 Å². The summed E-state index contributed by atoms with van der Waals surface area (Å²) in [6.07, 6.45) is 5.78. The first-order valence-corrected chi connectivity index (χ1v) is 7.02. The van der Waals surface area contributed by atoms with Gasteiger partial charge >= 0.3 is 5.97 Å². The maximum absolute atomic E-state index is 11.8. The van der Waals surface area contributed by atoms with Gasteiger partial charge in [-0.1, -0.05) is 12.8 Å². The highest BCUT2D eigenvalue weighted by Gasteiger charge is 2.33. The van der Waals surface area contributed by atoms with E-state index in [2.05, 4.69) is 4.90 Å². The molecule has 18 heavy (non-hydrogen) atoms. The number of nitrogens with zero attached hydrogens (tertiary/aromatic N) is 1. The summed E-state index contributed by atoms with van der Waals surface area (Å²) >= 11 is 0. The van der Waals surface area contributed by atoms with E-state index in [4.69, 9.17) is 4.74 Å². The first kappa shape index (κ1) is 13.5. The zero-order valence-electron chi connectivity index (χ0n) is 11.2. The van der Waals surface area contributed by atoms with Gasteiger partial charge in [-0.2, -0.15) is 0 Å².